The Morgan fingerprint density at radius 2 is 1.96 bits per heavy atom. The standard InChI is InChI=1S/C22H21N3O3/c1-14-13-20(25-28-14)24-21(26)12-11-18-17-5-3-4-6-19(17)23-22(18)15-7-9-16(27-2)10-8-15/h3-10,13,23H,11-12H2,1-2H3,(H,24,25,26). The molecule has 0 bridgehead atoms. The van der Waals surface area contributed by atoms with Gasteiger partial charge in [0.05, 0.1) is 7.11 Å². The van der Waals surface area contributed by atoms with E-state index in [1.165, 1.54) is 0 Å². The molecule has 0 aliphatic rings. The minimum atomic E-state index is -0.0979. The van der Waals surface area contributed by atoms with Gasteiger partial charge in [0.15, 0.2) is 5.82 Å². The lowest BCUT2D eigenvalue weighted by Gasteiger charge is -2.07. The molecule has 0 radical (unpaired) electrons. The molecule has 4 rings (SSSR count). The number of carbonyl (C=O) groups excluding carboxylic acids is 1. The second-order valence-electron chi connectivity index (χ2n) is 6.62. The number of benzene rings is 2. The second kappa shape index (κ2) is 7.60. The van der Waals surface area contributed by atoms with Crippen molar-refractivity contribution in [3.8, 4) is 17.0 Å². The summed E-state index contributed by atoms with van der Waals surface area (Å²) < 4.78 is 10.2. The maximum absolute atomic E-state index is 12.4. The van der Waals surface area contributed by atoms with E-state index in [0.717, 1.165) is 33.5 Å². The Bertz CT molecular complexity index is 1110. The highest BCUT2D eigenvalue weighted by atomic mass is 16.5. The van der Waals surface area contributed by atoms with E-state index in [1.807, 2.05) is 42.5 Å². The van der Waals surface area contributed by atoms with Crippen molar-refractivity contribution < 1.29 is 14.1 Å². The minimum absolute atomic E-state index is 0.0979. The van der Waals surface area contributed by atoms with Gasteiger partial charge >= 0.3 is 0 Å². The van der Waals surface area contributed by atoms with Crippen LogP contribution in [0.15, 0.2) is 59.1 Å². The van der Waals surface area contributed by atoms with Gasteiger partial charge in [0, 0.05) is 29.1 Å². The molecule has 2 heterocycles. The average molecular weight is 375 g/mol. The fourth-order valence-corrected chi connectivity index (χ4v) is 3.33. The smallest absolute Gasteiger partial charge is 0.225 e. The van der Waals surface area contributed by atoms with Crippen LogP contribution < -0.4 is 10.1 Å². The van der Waals surface area contributed by atoms with Crippen LogP contribution in [0, 0.1) is 6.92 Å². The van der Waals surface area contributed by atoms with E-state index in [1.54, 1.807) is 20.1 Å². The molecule has 2 aromatic heterocycles. The fourth-order valence-electron chi connectivity index (χ4n) is 3.33. The molecular weight excluding hydrogens is 354 g/mol. The molecule has 0 unspecified atom stereocenters. The van der Waals surface area contributed by atoms with Crippen molar-refractivity contribution in [3.63, 3.8) is 0 Å². The molecule has 4 aromatic rings. The maximum Gasteiger partial charge on any atom is 0.225 e. The molecule has 2 N–H and O–H groups in total. The van der Waals surface area contributed by atoms with Crippen LogP contribution in [-0.2, 0) is 11.2 Å². The number of amides is 1. The van der Waals surface area contributed by atoms with E-state index in [0.29, 0.717) is 24.4 Å². The zero-order valence-corrected chi connectivity index (χ0v) is 15.8. The summed E-state index contributed by atoms with van der Waals surface area (Å²) >= 11 is 0. The number of hydrogen-bond acceptors (Lipinski definition) is 4. The highest BCUT2D eigenvalue weighted by Crippen LogP contribution is 2.32. The number of ether oxygens (including phenoxy) is 1. The fraction of sp³-hybridized carbons (Fsp3) is 0.182. The molecule has 1 amide bonds. The number of methoxy groups -OCH3 is 1. The average Bonchev–Trinajstić information content (AvgIpc) is 3.29. The van der Waals surface area contributed by atoms with E-state index >= 15 is 0 Å². The predicted molar refractivity (Wildman–Crippen MR) is 108 cm³/mol. The summed E-state index contributed by atoms with van der Waals surface area (Å²) in [6.07, 6.45) is 0.949. The van der Waals surface area contributed by atoms with Crippen molar-refractivity contribution in [2.45, 2.75) is 19.8 Å². The number of aromatic nitrogens is 2. The highest BCUT2D eigenvalue weighted by Gasteiger charge is 2.15. The molecule has 0 aliphatic heterocycles. The maximum atomic E-state index is 12.4. The molecular formula is C22H21N3O3. The van der Waals surface area contributed by atoms with Crippen LogP contribution in [0.1, 0.15) is 17.7 Å². The number of para-hydroxylation sites is 1. The molecule has 0 saturated carbocycles. The second-order valence-corrected chi connectivity index (χ2v) is 6.62. The number of rotatable bonds is 6. The Labute approximate surface area is 162 Å². The van der Waals surface area contributed by atoms with Gasteiger partial charge in [-0.3, -0.25) is 4.79 Å². The first-order chi connectivity index (χ1) is 13.6. The molecule has 0 saturated heterocycles. The van der Waals surface area contributed by atoms with Crippen molar-refractivity contribution in [1.82, 2.24) is 10.1 Å². The SMILES string of the molecule is COc1ccc(-c2[nH]c3ccccc3c2CCC(=O)Nc2cc(C)on2)cc1. The summed E-state index contributed by atoms with van der Waals surface area (Å²) in [5, 5.41) is 7.71. The predicted octanol–water partition coefficient (Wildman–Crippen LogP) is 4.71. The van der Waals surface area contributed by atoms with Crippen molar-refractivity contribution in [3.05, 3.63) is 65.9 Å². The molecule has 0 spiro atoms. The van der Waals surface area contributed by atoms with Crippen molar-refractivity contribution in [1.29, 1.82) is 0 Å². The molecule has 0 aliphatic carbocycles. The third kappa shape index (κ3) is 3.62. The normalized spacial score (nSPS) is 10.9. The Morgan fingerprint density at radius 3 is 2.68 bits per heavy atom. The molecule has 6 nitrogen and oxygen atoms in total. The number of H-pyrrole nitrogens is 1. The highest BCUT2D eigenvalue weighted by molar-refractivity contribution is 5.93. The van der Waals surface area contributed by atoms with Crippen LogP contribution in [-0.4, -0.2) is 23.2 Å². The molecule has 0 atom stereocenters. The number of anilines is 1. The minimum Gasteiger partial charge on any atom is -0.497 e. The number of fused-ring (bicyclic) bond motifs is 1. The number of nitrogens with zero attached hydrogens (tertiary/aromatic N) is 1. The zero-order valence-electron chi connectivity index (χ0n) is 15.8. The number of carbonyl (C=O) groups is 1. The Morgan fingerprint density at radius 1 is 1.18 bits per heavy atom. The summed E-state index contributed by atoms with van der Waals surface area (Å²) in [4.78, 5) is 15.9. The lowest BCUT2D eigenvalue weighted by atomic mass is 10.0. The van der Waals surface area contributed by atoms with E-state index in [2.05, 4.69) is 21.5 Å². The van der Waals surface area contributed by atoms with Gasteiger partial charge in [-0.15, -0.1) is 0 Å². The third-order valence-electron chi connectivity index (χ3n) is 4.69. The first-order valence-corrected chi connectivity index (χ1v) is 9.11. The van der Waals surface area contributed by atoms with Crippen molar-refractivity contribution in [2.75, 3.05) is 12.4 Å². The monoisotopic (exact) mass is 375 g/mol. The van der Waals surface area contributed by atoms with Gasteiger partial charge in [-0.1, -0.05) is 23.4 Å². The molecule has 0 fully saturated rings. The molecule has 142 valence electrons. The van der Waals surface area contributed by atoms with Gasteiger partial charge in [-0.2, -0.15) is 0 Å². The molecule has 28 heavy (non-hydrogen) atoms. The van der Waals surface area contributed by atoms with E-state index in [-0.39, 0.29) is 5.91 Å². The first-order valence-electron chi connectivity index (χ1n) is 9.11. The lowest BCUT2D eigenvalue weighted by molar-refractivity contribution is -0.116. The van der Waals surface area contributed by atoms with Crippen molar-refractivity contribution >= 4 is 22.6 Å². The van der Waals surface area contributed by atoms with Gasteiger partial charge in [-0.25, -0.2) is 0 Å². The van der Waals surface area contributed by atoms with Gasteiger partial charge in [0.1, 0.15) is 11.5 Å². The topological polar surface area (TPSA) is 80.2 Å². The largest absolute Gasteiger partial charge is 0.497 e. The Balaban J connectivity index is 1.60. The lowest BCUT2D eigenvalue weighted by Crippen LogP contribution is -2.12. The van der Waals surface area contributed by atoms with E-state index < -0.39 is 0 Å². The van der Waals surface area contributed by atoms with Crippen LogP contribution in [0.25, 0.3) is 22.2 Å². The van der Waals surface area contributed by atoms with Crippen LogP contribution in [0.3, 0.4) is 0 Å². The van der Waals surface area contributed by atoms with E-state index in [4.69, 9.17) is 9.26 Å². The Hall–Kier alpha value is -3.54. The summed E-state index contributed by atoms with van der Waals surface area (Å²) in [6.45, 7) is 1.79. The van der Waals surface area contributed by atoms with Crippen LogP contribution in [0.4, 0.5) is 5.82 Å². The van der Waals surface area contributed by atoms with Crippen molar-refractivity contribution in [2.24, 2.45) is 0 Å². The van der Waals surface area contributed by atoms with Gasteiger partial charge in [0.25, 0.3) is 0 Å². The summed E-state index contributed by atoms with van der Waals surface area (Å²) in [5.41, 5.74) is 4.25. The zero-order chi connectivity index (χ0) is 19.5. The van der Waals surface area contributed by atoms with Crippen LogP contribution >= 0.6 is 0 Å². The molecule has 2 aromatic carbocycles. The number of aromatic amines is 1. The van der Waals surface area contributed by atoms with Crippen LogP contribution in [0.2, 0.25) is 0 Å². The van der Waals surface area contributed by atoms with Crippen LogP contribution in [0.5, 0.6) is 5.75 Å². The molecule has 6 heteroatoms. The number of hydrogen-bond donors (Lipinski definition) is 2. The van der Waals surface area contributed by atoms with Gasteiger partial charge in [0.2, 0.25) is 5.91 Å². The summed E-state index contributed by atoms with van der Waals surface area (Å²) in [6, 6.07) is 17.7. The Kier molecular flexibility index (Phi) is 4.85. The van der Waals surface area contributed by atoms with E-state index in [9.17, 15) is 4.79 Å². The number of nitrogens with one attached hydrogen (secondary N) is 2. The summed E-state index contributed by atoms with van der Waals surface area (Å²) in [7, 11) is 1.65. The van der Waals surface area contributed by atoms with Gasteiger partial charge in [-0.05, 0) is 54.8 Å². The number of aryl methyl sites for hydroxylation is 2. The van der Waals surface area contributed by atoms with Gasteiger partial charge < -0.3 is 19.6 Å². The first kappa shape index (κ1) is 17.9. The quantitative estimate of drug-likeness (QED) is 0.511. The summed E-state index contributed by atoms with van der Waals surface area (Å²) in [5.74, 6) is 1.81. The third-order valence-corrected chi connectivity index (χ3v) is 4.69.